The number of aryl methyl sites for hydroxylation is 1. The molecule has 2 rings (SSSR count). The zero-order chi connectivity index (χ0) is 11.4. The third-order valence-electron chi connectivity index (χ3n) is 2.82. The first kappa shape index (κ1) is 11.4. The predicted molar refractivity (Wildman–Crippen MR) is 70.9 cm³/mol. The van der Waals surface area contributed by atoms with Gasteiger partial charge in [-0.1, -0.05) is 24.3 Å². The molecule has 0 aliphatic heterocycles. The summed E-state index contributed by atoms with van der Waals surface area (Å²) in [6, 6.07) is 10.8. The van der Waals surface area contributed by atoms with Crippen LogP contribution in [-0.4, -0.2) is 6.04 Å². The Bertz CT molecular complexity index is 434. The maximum atomic E-state index is 6.17. The van der Waals surface area contributed by atoms with E-state index in [0.717, 1.165) is 12.8 Å². The van der Waals surface area contributed by atoms with Crippen molar-refractivity contribution in [1.29, 1.82) is 0 Å². The smallest absolute Gasteiger partial charge is 0.0120 e. The van der Waals surface area contributed by atoms with Gasteiger partial charge < -0.3 is 5.73 Å². The summed E-state index contributed by atoms with van der Waals surface area (Å²) in [7, 11) is 0. The minimum absolute atomic E-state index is 0.218. The fraction of sp³-hybridized carbons (Fsp3) is 0.286. The lowest BCUT2D eigenvalue weighted by atomic mass is 9.98. The average Bonchev–Trinajstić information content (AvgIpc) is 2.74. The Labute approximate surface area is 101 Å². The predicted octanol–water partition coefficient (Wildman–Crippen LogP) is 3.17. The van der Waals surface area contributed by atoms with E-state index < -0.39 is 0 Å². The highest BCUT2D eigenvalue weighted by Gasteiger charge is 2.07. The standard InChI is InChI=1S/C14H17NS/c1-11-4-2-3-5-13(11)9-14(15)8-12-6-7-16-10-12/h2-7,10,14H,8-9,15H2,1H3. The first-order chi connectivity index (χ1) is 7.75. The van der Waals surface area contributed by atoms with E-state index in [0.29, 0.717) is 0 Å². The lowest BCUT2D eigenvalue weighted by molar-refractivity contribution is 0.664. The van der Waals surface area contributed by atoms with E-state index in [2.05, 4.69) is 48.0 Å². The van der Waals surface area contributed by atoms with Crippen LogP contribution in [0.5, 0.6) is 0 Å². The van der Waals surface area contributed by atoms with Crippen LogP contribution in [0.2, 0.25) is 0 Å². The number of nitrogens with two attached hydrogens (primary N) is 1. The summed E-state index contributed by atoms with van der Waals surface area (Å²) < 4.78 is 0. The van der Waals surface area contributed by atoms with E-state index in [1.807, 2.05) is 0 Å². The molecule has 0 spiro atoms. The van der Waals surface area contributed by atoms with Crippen molar-refractivity contribution in [2.45, 2.75) is 25.8 Å². The Hall–Kier alpha value is -1.12. The second-order valence-corrected chi connectivity index (χ2v) is 5.01. The summed E-state index contributed by atoms with van der Waals surface area (Å²) in [5.74, 6) is 0. The van der Waals surface area contributed by atoms with Crippen molar-refractivity contribution in [3.8, 4) is 0 Å². The molecule has 2 heteroatoms. The second-order valence-electron chi connectivity index (χ2n) is 4.23. The molecule has 1 unspecified atom stereocenters. The molecule has 0 aliphatic carbocycles. The molecule has 0 saturated heterocycles. The Morgan fingerprint density at radius 1 is 1.19 bits per heavy atom. The molecule has 2 N–H and O–H groups in total. The quantitative estimate of drug-likeness (QED) is 0.859. The summed E-state index contributed by atoms with van der Waals surface area (Å²) in [6.07, 6.45) is 1.93. The maximum Gasteiger partial charge on any atom is 0.0120 e. The molecule has 0 amide bonds. The van der Waals surface area contributed by atoms with Gasteiger partial charge in [-0.2, -0.15) is 11.3 Å². The van der Waals surface area contributed by atoms with Crippen LogP contribution in [0.15, 0.2) is 41.1 Å². The summed E-state index contributed by atoms with van der Waals surface area (Å²) in [6.45, 7) is 2.15. The van der Waals surface area contributed by atoms with Crippen molar-refractivity contribution in [2.24, 2.45) is 5.73 Å². The zero-order valence-corrected chi connectivity index (χ0v) is 10.3. The van der Waals surface area contributed by atoms with Crippen LogP contribution in [0.25, 0.3) is 0 Å². The van der Waals surface area contributed by atoms with Crippen LogP contribution in [0, 0.1) is 6.92 Å². The van der Waals surface area contributed by atoms with E-state index in [9.17, 15) is 0 Å². The number of hydrogen-bond donors (Lipinski definition) is 1. The molecule has 1 aromatic carbocycles. The first-order valence-electron chi connectivity index (χ1n) is 5.57. The molecule has 84 valence electrons. The molecule has 0 radical (unpaired) electrons. The van der Waals surface area contributed by atoms with E-state index in [1.165, 1.54) is 16.7 Å². The van der Waals surface area contributed by atoms with E-state index in [4.69, 9.17) is 5.73 Å². The second kappa shape index (κ2) is 5.28. The van der Waals surface area contributed by atoms with Gasteiger partial charge in [-0.3, -0.25) is 0 Å². The minimum Gasteiger partial charge on any atom is -0.327 e. The first-order valence-corrected chi connectivity index (χ1v) is 6.51. The fourth-order valence-electron chi connectivity index (χ4n) is 1.91. The fourth-order valence-corrected chi connectivity index (χ4v) is 2.59. The molecule has 1 heterocycles. The highest BCUT2D eigenvalue weighted by atomic mass is 32.1. The minimum atomic E-state index is 0.218. The highest BCUT2D eigenvalue weighted by Crippen LogP contribution is 2.13. The lowest BCUT2D eigenvalue weighted by Gasteiger charge is -2.12. The number of rotatable bonds is 4. The third-order valence-corrected chi connectivity index (χ3v) is 3.55. The lowest BCUT2D eigenvalue weighted by Crippen LogP contribution is -2.25. The van der Waals surface area contributed by atoms with Crippen LogP contribution in [0.3, 0.4) is 0 Å². The molecule has 1 atom stereocenters. The van der Waals surface area contributed by atoms with Crippen molar-refractivity contribution in [3.05, 3.63) is 57.8 Å². The SMILES string of the molecule is Cc1ccccc1CC(N)Cc1ccsc1. The molecular weight excluding hydrogens is 214 g/mol. The molecule has 0 bridgehead atoms. The molecule has 0 saturated carbocycles. The summed E-state index contributed by atoms with van der Waals surface area (Å²) >= 11 is 1.74. The summed E-state index contributed by atoms with van der Waals surface area (Å²) in [5, 5.41) is 4.29. The highest BCUT2D eigenvalue weighted by molar-refractivity contribution is 7.07. The third kappa shape index (κ3) is 2.94. The Kier molecular flexibility index (Phi) is 3.75. The van der Waals surface area contributed by atoms with Gasteiger partial charge in [0.25, 0.3) is 0 Å². The van der Waals surface area contributed by atoms with Gasteiger partial charge in [0.2, 0.25) is 0 Å². The molecule has 1 aromatic heterocycles. The number of thiophene rings is 1. The summed E-state index contributed by atoms with van der Waals surface area (Å²) in [4.78, 5) is 0. The van der Waals surface area contributed by atoms with Gasteiger partial charge in [0.15, 0.2) is 0 Å². The summed E-state index contributed by atoms with van der Waals surface area (Å²) in [5.41, 5.74) is 10.2. The molecular formula is C14H17NS. The molecule has 0 fully saturated rings. The van der Waals surface area contributed by atoms with Crippen molar-refractivity contribution in [2.75, 3.05) is 0 Å². The molecule has 2 aromatic rings. The van der Waals surface area contributed by atoms with Gasteiger partial charge in [-0.25, -0.2) is 0 Å². The van der Waals surface area contributed by atoms with E-state index in [1.54, 1.807) is 11.3 Å². The zero-order valence-electron chi connectivity index (χ0n) is 9.52. The average molecular weight is 231 g/mol. The van der Waals surface area contributed by atoms with Gasteiger partial charge in [0, 0.05) is 6.04 Å². The number of hydrogen-bond acceptors (Lipinski definition) is 2. The van der Waals surface area contributed by atoms with Crippen LogP contribution < -0.4 is 5.73 Å². The molecule has 1 nitrogen and oxygen atoms in total. The normalized spacial score (nSPS) is 12.6. The van der Waals surface area contributed by atoms with Gasteiger partial charge in [-0.05, 0) is 53.3 Å². The van der Waals surface area contributed by atoms with Crippen molar-refractivity contribution < 1.29 is 0 Å². The van der Waals surface area contributed by atoms with Crippen molar-refractivity contribution in [3.63, 3.8) is 0 Å². The van der Waals surface area contributed by atoms with E-state index >= 15 is 0 Å². The van der Waals surface area contributed by atoms with Crippen LogP contribution in [-0.2, 0) is 12.8 Å². The van der Waals surface area contributed by atoms with Gasteiger partial charge in [0.1, 0.15) is 0 Å². The largest absolute Gasteiger partial charge is 0.327 e. The number of benzene rings is 1. The van der Waals surface area contributed by atoms with E-state index in [-0.39, 0.29) is 6.04 Å². The van der Waals surface area contributed by atoms with Crippen molar-refractivity contribution >= 4 is 11.3 Å². The van der Waals surface area contributed by atoms with Gasteiger partial charge >= 0.3 is 0 Å². The van der Waals surface area contributed by atoms with Crippen LogP contribution >= 0.6 is 11.3 Å². The van der Waals surface area contributed by atoms with Crippen LogP contribution in [0.4, 0.5) is 0 Å². The Balaban J connectivity index is 1.97. The molecule has 0 aliphatic rings. The van der Waals surface area contributed by atoms with Gasteiger partial charge in [-0.15, -0.1) is 0 Å². The maximum absolute atomic E-state index is 6.17. The monoisotopic (exact) mass is 231 g/mol. The Morgan fingerprint density at radius 2 is 2.00 bits per heavy atom. The van der Waals surface area contributed by atoms with Crippen LogP contribution in [0.1, 0.15) is 16.7 Å². The topological polar surface area (TPSA) is 26.0 Å². The van der Waals surface area contributed by atoms with Gasteiger partial charge in [0.05, 0.1) is 0 Å². The van der Waals surface area contributed by atoms with Crippen molar-refractivity contribution in [1.82, 2.24) is 0 Å². The Morgan fingerprint density at radius 3 is 2.69 bits per heavy atom. The molecule has 16 heavy (non-hydrogen) atoms.